The molecule has 1 rings (SSSR count). The number of thiazole rings is 1. The van der Waals surface area contributed by atoms with Crippen LogP contribution in [0.4, 0.5) is 0 Å². The number of aryl methyl sites for hydroxylation is 1. The molecule has 0 saturated carbocycles. The van der Waals surface area contributed by atoms with E-state index in [9.17, 15) is 9.59 Å². The molecule has 0 bridgehead atoms. The van der Waals surface area contributed by atoms with Gasteiger partial charge < -0.3 is 10.4 Å². The SMILES string of the molecule is Cc1ncc(C(=O)NCC(C)C(=O)O)s1. The van der Waals surface area contributed by atoms with Gasteiger partial charge in [0.05, 0.1) is 17.1 Å². The van der Waals surface area contributed by atoms with Crippen molar-refractivity contribution in [2.24, 2.45) is 5.92 Å². The molecule has 6 heteroatoms. The van der Waals surface area contributed by atoms with E-state index in [0.717, 1.165) is 5.01 Å². The van der Waals surface area contributed by atoms with Crippen LogP contribution in [0, 0.1) is 12.8 Å². The fourth-order valence-corrected chi connectivity index (χ4v) is 1.58. The van der Waals surface area contributed by atoms with Crippen LogP contribution >= 0.6 is 11.3 Å². The van der Waals surface area contributed by atoms with Crippen LogP contribution in [0.2, 0.25) is 0 Å². The van der Waals surface area contributed by atoms with E-state index in [2.05, 4.69) is 10.3 Å². The highest BCUT2D eigenvalue weighted by Gasteiger charge is 2.14. The first-order valence-corrected chi connectivity index (χ1v) is 5.25. The molecule has 5 nitrogen and oxygen atoms in total. The summed E-state index contributed by atoms with van der Waals surface area (Å²) in [6.07, 6.45) is 1.49. The zero-order valence-corrected chi connectivity index (χ0v) is 9.30. The highest BCUT2D eigenvalue weighted by atomic mass is 32.1. The number of nitrogens with zero attached hydrogens (tertiary/aromatic N) is 1. The molecule has 1 atom stereocenters. The van der Waals surface area contributed by atoms with Crippen molar-refractivity contribution in [2.45, 2.75) is 13.8 Å². The van der Waals surface area contributed by atoms with E-state index in [4.69, 9.17) is 5.11 Å². The van der Waals surface area contributed by atoms with Crippen LogP contribution < -0.4 is 5.32 Å². The van der Waals surface area contributed by atoms with Crippen LogP contribution in [0.3, 0.4) is 0 Å². The summed E-state index contributed by atoms with van der Waals surface area (Å²) in [7, 11) is 0. The first-order chi connectivity index (χ1) is 7.00. The predicted molar refractivity (Wildman–Crippen MR) is 56.0 cm³/mol. The topological polar surface area (TPSA) is 79.3 Å². The number of carbonyl (C=O) groups is 2. The molecule has 0 radical (unpaired) electrons. The van der Waals surface area contributed by atoms with Crippen LogP contribution in [0.15, 0.2) is 6.20 Å². The van der Waals surface area contributed by atoms with Crippen molar-refractivity contribution in [1.82, 2.24) is 10.3 Å². The third kappa shape index (κ3) is 3.32. The monoisotopic (exact) mass is 228 g/mol. The number of nitrogens with one attached hydrogen (secondary N) is 1. The van der Waals surface area contributed by atoms with Gasteiger partial charge in [0.15, 0.2) is 0 Å². The summed E-state index contributed by atoms with van der Waals surface area (Å²) < 4.78 is 0. The van der Waals surface area contributed by atoms with E-state index < -0.39 is 11.9 Å². The Balaban J connectivity index is 2.47. The second kappa shape index (κ2) is 4.88. The molecule has 0 fully saturated rings. The van der Waals surface area contributed by atoms with Gasteiger partial charge in [0, 0.05) is 6.54 Å². The molecule has 0 aliphatic heterocycles. The molecular formula is C9H12N2O3S. The van der Waals surface area contributed by atoms with E-state index in [1.54, 1.807) is 13.8 Å². The average Bonchev–Trinajstić information content (AvgIpc) is 2.60. The highest BCUT2D eigenvalue weighted by Crippen LogP contribution is 2.10. The molecule has 1 amide bonds. The maximum atomic E-state index is 11.5. The van der Waals surface area contributed by atoms with Crippen molar-refractivity contribution in [3.63, 3.8) is 0 Å². The number of amides is 1. The molecule has 0 aromatic carbocycles. The van der Waals surface area contributed by atoms with E-state index in [0.29, 0.717) is 4.88 Å². The molecule has 82 valence electrons. The summed E-state index contributed by atoms with van der Waals surface area (Å²) in [5.74, 6) is -1.77. The second-order valence-corrected chi connectivity index (χ2v) is 4.43. The summed E-state index contributed by atoms with van der Waals surface area (Å²) in [5, 5.41) is 12.0. The maximum absolute atomic E-state index is 11.5. The molecular weight excluding hydrogens is 216 g/mol. The number of aromatic nitrogens is 1. The molecule has 0 saturated heterocycles. The Morgan fingerprint density at radius 1 is 1.67 bits per heavy atom. The number of carbonyl (C=O) groups excluding carboxylic acids is 1. The predicted octanol–water partition coefficient (Wildman–Crippen LogP) is 0.902. The summed E-state index contributed by atoms with van der Waals surface area (Å²) in [6, 6.07) is 0. The number of rotatable bonds is 4. The summed E-state index contributed by atoms with van der Waals surface area (Å²) in [4.78, 5) is 26.4. The van der Waals surface area contributed by atoms with Gasteiger partial charge in [-0.3, -0.25) is 9.59 Å². The lowest BCUT2D eigenvalue weighted by molar-refractivity contribution is -0.140. The Morgan fingerprint density at radius 3 is 2.80 bits per heavy atom. The van der Waals surface area contributed by atoms with Crippen molar-refractivity contribution >= 4 is 23.2 Å². The molecule has 0 aliphatic carbocycles. The highest BCUT2D eigenvalue weighted by molar-refractivity contribution is 7.13. The van der Waals surface area contributed by atoms with E-state index in [1.807, 2.05) is 0 Å². The molecule has 1 unspecified atom stereocenters. The lowest BCUT2D eigenvalue weighted by Gasteiger charge is -2.06. The van der Waals surface area contributed by atoms with Crippen molar-refractivity contribution in [1.29, 1.82) is 0 Å². The lowest BCUT2D eigenvalue weighted by Crippen LogP contribution is -2.30. The van der Waals surface area contributed by atoms with Gasteiger partial charge in [0.25, 0.3) is 5.91 Å². The van der Waals surface area contributed by atoms with Gasteiger partial charge in [0.2, 0.25) is 0 Å². The van der Waals surface area contributed by atoms with Crippen LogP contribution in [0.25, 0.3) is 0 Å². The first kappa shape index (κ1) is 11.6. The molecule has 0 spiro atoms. The molecule has 1 heterocycles. The number of hydrogen-bond acceptors (Lipinski definition) is 4. The average molecular weight is 228 g/mol. The van der Waals surface area contributed by atoms with Gasteiger partial charge in [-0.05, 0) is 6.92 Å². The molecule has 1 aromatic heterocycles. The Labute approximate surface area is 91.1 Å². The van der Waals surface area contributed by atoms with Crippen LogP contribution in [0.5, 0.6) is 0 Å². The van der Waals surface area contributed by atoms with E-state index >= 15 is 0 Å². The maximum Gasteiger partial charge on any atom is 0.308 e. The minimum Gasteiger partial charge on any atom is -0.481 e. The largest absolute Gasteiger partial charge is 0.481 e. The van der Waals surface area contributed by atoms with Crippen molar-refractivity contribution in [3.05, 3.63) is 16.1 Å². The smallest absolute Gasteiger partial charge is 0.308 e. The summed E-state index contributed by atoms with van der Waals surface area (Å²) in [6.45, 7) is 3.48. The third-order valence-corrected chi connectivity index (χ3v) is 2.75. The second-order valence-electron chi connectivity index (χ2n) is 3.19. The zero-order chi connectivity index (χ0) is 11.4. The van der Waals surface area contributed by atoms with Crippen molar-refractivity contribution < 1.29 is 14.7 Å². The Bertz CT molecular complexity index is 375. The zero-order valence-electron chi connectivity index (χ0n) is 8.48. The van der Waals surface area contributed by atoms with Crippen LogP contribution in [-0.2, 0) is 4.79 Å². The normalized spacial score (nSPS) is 12.1. The number of hydrogen-bond donors (Lipinski definition) is 2. The van der Waals surface area contributed by atoms with Gasteiger partial charge in [0.1, 0.15) is 4.88 Å². The summed E-state index contributed by atoms with van der Waals surface area (Å²) in [5.41, 5.74) is 0. The van der Waals surface area contributed by atoms with Gasteiger partial charge in [-0.15, -0.1) is 11.3 Å². The quantitative estimate of drug-likeness (QED) is 0.802. The van der Waals surface area contributed by atoms with Crippen LogP contribution in [-0.4, -0.2) is 28.5 Å². The third-order valence-electron chi connectivity index (χ3n) is 1.84. The van der Waals surface area contributed by atoms with E-state index in [1.165, 1.54) is 17.5 Å². The minimum atomic E-state index is -0.921. The number of carboxylic acids is 1. The number of carboxylic acid groups (broad SMARTS) is 1. The van der Waals surface area contributed by atoms with E-state index in [-0.39, 0.29) is 12.5 Å². The summed E-state index contributed by atoms with van der Waals surface area (Å²) >= 11 is 1.29. The Kier molecular flexibility index (Phi) is 3.79. The Hall–Kier alpha value is -1.43. The molecule has 2 N–H and O–H groups in total. The van der Waals surface area contributed by atoms with Crippen molar-refractivity contribution in [2.75, 3.05) is 6.54 Å². The van der Waals surface area contributed by atoms with Crippen molar-refractivity contribution in [3.8, 4) is 0 Å². The molecule has 1 aromatic rings. The molecule has 0 aliphatic rings. The number of aliphatic carboxylic acids is 1. The Morgan fingerprint density at radius 2 is 2.33 bits per heavy atom. The van der Waals surface area contributed by atoms with Gasteiger partial charge >= 0.3 is 5.97 Å². The molecule has 15 heavy (non-hydrogen) atoms. The van der Waals surface area contributed by atoms with Gasteiger partial charge in [-0.25, -0.2) is 4.98 Å². The lowest BCUT2D eigenvalue weighted by atomic mass is 10.2. The van der Waals surface area contributed by atoms with Crippen LogP contribution in [0.1, 0.15) is 21.6 Å². The fourth-order valence-electron chi connectivity index (χ4n) is 0.887. The van der Waals surface area contributed by atoms with Gasteiger partial charge in [-0.2, -0.15) is 0 Å². The minimum absolute atomic E-state index is 0.130. The first-order valence-electron chi connectivity index (χ1n) is 4.44. The van der Waals surface area contributed by atoms with Gasteiger partial charge in [-0.1, -0.05) is 6.92 Å². The fraction of sp³-hybridized carbons (Fsp3) is 0.444. The standard InChI is InChI=1S/C9H12N2O3S/c1-5(9(13)14)3-11-8(12)7-4-10-6(2)15-7/h4-5H,3H2,1-2H3,(H,11,12)(H,13,14).